The molecule has 0 aliphatic rings. The number of aryl methyl sites for hydroxylation is 1. The summed E-state index contributed by atoms with van der Waals surface area (Å²) in [5.41, 5.74) is 1.18. The molecular formula is C11H13N5O2. The number of nitrogens with one attached hydrogen (secondary N) is 1. The summed E-state index contributed by atoms with van der Waals surface area (Å²) in [5, 5.41) is 23.4. The third-order valence-electron chi connectivity index (χ3n) is 2.55. The van der Waals surface area contributed by atoms with Crippen LogP contribution < -0.4 is 5.32 Å². The molecular weight excluding hydrogens is 234 g/mol. The maximum atomic E-state index is 10.9. The minimum atomic E-state index is -1.02. The number of rotatable bonds is 5. The molecule has 0 aliphatic heterocycles. The zero-order chi connectivity index (χ0) is 13.0. The summed E-state index contributed by atoms with van der Waals surface area (Å²) in [7, 11) is 1.86. The van der Waals surface area contributed by atoms with Crippen molar-refractivity contribution in [2.24, 2.45) is 7.05 Å². The molecule has 2 heterocycles. The zero-order valence-corrected chi connectivity index (χ0v) is 9.87. The molecule has 0 aliphatic carbocycles. The van der Waals surface area contributed by atoms with Crippen LogP contribution in [0.5, 0.6) is 0 Å². The van der Waals surface area contributed by atoms with Crippen molar-refractivity contribution >= 4 is 11.8 Å². The fraction of sp³-hybridized carbons (Fsp3) is 0.273. The van der Waals surface area contributed by atoms with Gasteiger partial charge in [0.05, 0.1) is 6.20 Å². The van der Waals surface area contributed by atoms with Crippen molar-refractivity contribution in [3.8, 4) is 0 Å². The Morgan fingerprint density at radius 3 is 2.94 bits per heavy atom. The number of carboxylic acid groups (broad SMARTS) is 1. The molecule has 7 heteroatoms. The fourth-order valence-electron chi connectivity index (χ4n) is 1.59. The topological polar surface area (TPSA) is 92.9 Å². The van der Waals surface area contributed by atoms with Crippen molar-refractivity contribution in [3.05, 3.63) is 35.8 Å². The van der Waals surface area contributed by atoms with Crippen LogP contribution in [0.2, 0.25) is 0 Å². The van der Waals surface area contributed by atoms with Gasteiger partial charge in [0.2, 0.25) is 0 Å². The highest BCUT2D eigenvalue weighted by Crippen LogP contribution is 2.10. The maximum Gasteiger partial charge on any atom is 0.339 e. The second-order valence-electron chi connectivity index (χ2n) is 3.72. The minimum absolute atomic E-state index is 0.120. The molecule has 0 unspecified atom stereocenters. The Morgan fingerprint density at radius 1 is 1.44 bits per heavy atom. The number of hydrogen-bond donors (Lipinski definition) is 2. The number of carboxylic acids is 1. The molecule has 7 nitrogen and oxygen atoms in total. The highest BCUT2D eigenvalue weighted by atomic mass is 16.4. The molecule has 0 aromatic carbocycles. The number of nitrogens with zero attached hydrogens (tertiary/aromatic N) is 4. The van der Waals surface area contributed by atoms with Gasteiger partial charge in [0.25, 0.3) is 0 Å². The number of hydrogen-bond acceptors (Lipinski definition) is 5. The monoisotopic (exact) mass is 247 g/mol. The van der Waals surface area contributed by atoms with Gasteiger partial charge in [0.1, 0.15) is 5.56 Å². The largest absolute Gasteiger partial charge is 0.478 e. The van der Waals surface area contributed by atoms with E-state index < -0.39 is 5.97 Å². The summed E-state index contributed by atoms with van der Waals surface area (Å²) in [6, 6.07) is 3.33. The van der Waals surface area contributed by atoms with Gasteiger partial charge in [-0.1, -0.05) is 0 Å². The summed E-state index contributed by atoms with van der Waals surface area (Å²) in [4.78, 5) is 10.9. The van der Waals surface area contributed by atoms with Crippen molar-refractivity contribution in [1.82, 2.24) is 20.0 Å². The van der Waals surface area contributed by atoms with Crippen molar-refractivity contribution in [2.75, 3.05) is 11.9 Å². The minimum Gasteiger partial charge on any atom is -0.478 e. The van der Waals surface area contributed by atoms with Gasteiger partial charge in [-0.25, -0.2) is 4.79 Å². The first-order valence-corrected chi connectivity index (χ1v) is 5.44. The number of anilines is 1. The van der Waals surface area contributed by atoms with Crippen LogP contribution in [0.4, 0.5) is 5.82 Å². The van der Waals surface area contributed by atoms with Crippen LogP contribution in [0, 0.1) is 0 Å². The lowest BCUT2D eigenvalue weighted by Crippen LogP contribution is -2.13. The molecule has 0 spiro atoms. The third kappa shape index (κ3) is 2.62. The van der Waals surface area contributed by atoms with Gasteiger partial charge in [-0.3, -0.25) is 4.68 Å². The highest BCUT2D eigenvalue weighted by Gasteiger charge is 2.10. The Kier molecular flexibility index (Phi) is 3.52. The van der Waals surface area contributed by atoms with Crippen LogP contribution in [0.1, 0.15) is 16.1 Å². The van der Waals surface area contributed by atoms with Crippen molar-refractivity contribution in [3.63, 3.8) is 0 Å². The van der Waals surface area contributed by atoms with E-state index in [2.05, 4.69) is 20.6 Å². The van der Waals surface area contributed by atoms with E-state index in [1.54, 1.807) is 10.9 Å². The molecule has 2 N–H and O–H groups in total. The molecule has 0 fully saturated rings. The standard InChI is InChI=1S/C11H13N5O2/c1-16-8(3-7-14-16)2-5-12-10-9(11(17)18)4-6-13-15-10/h3-4,6-7H,2,5H2,1H3,(H,12,15)(H,17,18). The number of aromatic carboxylic acids is 1. The quantitative estimate of drug-likeness (QED) is 0.802. The Balaban J connectivity index is 1.99. The maximum absolute atomic E-state index is 10.9. The predicted molar refractivity (Wildman–Crippen MR) is 64.4 cm³/mol. The molecule has 0 saturated carbocycles. The van der Waals surface area contributed by atoms with Crippen LogP contribution in [0.25, 0.3) is 0 Å². The summed E-state index contributed by atoms with van der Waals surface area (Å²) in [6.45, 7) is 0.568. The van der Waals surface area contributed by atoms with Gasteiger partial charge in [-0.2, -0.15) is 10.2 Å². The first kappa shape index (κ1) is 12.0. The lowest BCUT2D eigenvalue weighted by molar-refractivity contribution is 0.0697. The van der Waals surface area contributed by atoms with E-state index in [9.17, 15) is 4.79 Å². The van der Waals surface area contributed by atoms with Crippen LogP contribution >= 0.6 is 0 Å². The summed E-state index contributed by atoms with van der Waals surface area (Å²) >= 11 is 0. The van der Waals surface area contributed by atoms with Gasteiger partial charge < -0.3 is 10.4 Å². The van der Waals surface area contributed by atoms with E-state index in [4.69, 9.17) is 5.11 Å². The van der Waals surface area contributed by atoms with E-state index in [-0.39, 0.29) is 11.4 Å². The summed E-state index contributed by atoms with van der Waals surface area (Å²) < 4.78 is 1.77. The predicted octanol–water partition coefficient (Wildman–Crippen LogP) is 0.563. The first-order valence-electron chi connectivity index (χ1n) is 5.44. The van der Waals surface area contributed by atoms with Gasteiger partial charge in [-0.05, 0) is 12.1 Å². The Labute approximate surface area is 103 Å². The van der Waals surface area contributed by atoms with E-state index >= 15 is 0 Å². The van der Waals surface area contributed by atoms with E-state index in [1.807, 2.05) is 13.1 Å². The van der Waals surface area contributed by atoms with E-state index in [0.717, 1.165) is 12.1 Å². The van der Waals surface area contributed by atoms with E-state index in [0.29, 0.717) is 6.54 Å². The van der Waals surface area contributed by atoms with Crippen molar-refractivity contribution in [2.45, 2.75) is 6.42 Å². The van der Waals surface area contributed by atoms with E-state index in [1.165, 1.54) is 12.3 Å². The molecule has 0 atom stereocenters. The second-order valence-corrected chi connectivity index (χ2v) is 3.72. The van der Waals surface area contributed by atoms with Crippen LogP contribution in [-0.2, 0) is 13.5 Å². The Hall–Kier alpha value is -2.44. The average molecular weight is 247 g/mol. The third-order valence-corrected chi connectivity index (χ3v) is 2.55. The lowest BCUT2D eigenvalue weighted by atomic mass is 10.2. The van der Waals surface area contributed by atoms with Gasteiger partial charge in [0.15, 0.2) is 5.82 Å². The fourth-order valence-corrected chi connectivity index (χ4v) is 1.59. The number of aromatic nitrogens is 4. The lowest BCUT2D eigenvalue weighted by Gasteiger charge is -2.07. The molecule has 94 valence electrons. The molecule has 0 saturated heterocycles. The van der Waals surface area contributed by atoms with Gasteiger partial charge in [-0.15, -0.1) is 5.10 Å². The molecule has 2 aromatic heterocycles. The Bertz CT molecular complexity index is 552. The molecule has 0 bridgehead atoms. The van der Waals surface area contributed by atoms with Crippen LogP contribution in [-0.4, -0.2) is 37.6 Å². The normalized spacial score (nSPS) is 10.3. The zero-order valence-electron chi connectivity index (χ0n) is 9.87. The molecule has 0 radical (unpaired) electrons. The second kappa shape index (κ2) is 5.26. The smallest absolute Gasteiger partial charge is 0.339 e. The molecule has 0 amide bonds. The van der Waals surface area contributed by atoms with Gasteiger partial charge >= 0.3 is 5.97 Å². The summed E-state index contributed by atoms with van der Waals surface area (Å²) in [5.74, 6) is -0.736. The summed E-state index contributed by atoms with van der Waals surface area (Å²) in [6.07, 6.45) is 3.81. The molecule has 18 heavy (non-hydrogen) atoms. The SMILES string of the molecule is Cn1nccc1CCNc1nnccc1C(=O)O. The highest BCUT2D eigenvalue weighted by molar-refractivity contribution is 5.92. The first-order chi connectivity index (χ1) is 8.68. The van der Waals surface area contributed by atoms with Crippen molar-refractivity contribution in [1.29, 1.82) is 0 Å². The average Bonchev–Trinajstić information content (AvgIpc) is 2.76. The Morgan fingerprint density at radius 2 is 2.28 bits per heavy atom. The number of carbonyl (C=O) groups is 1. The van der Waals surface area contributed by atoms with Crippen LogP contribution in [0.3, 0.4) is 0 Å². The van der Waals surface area contributed by atoms with Crippen LogP contribution in [0.15, 0.2) is 24.5 Å². The van der Waals surface area contributed by atoms with Crippen molar-refractivity contribution < 1.29 is 9.90 Å². The van der Waals surface area contributed by atoms with Gasteiger partial charge in [0, 0.05) is 31.9 Å². The molecule has 2 aromatic rings. The molecule has 2 rings (SSSR count).